The molecule has 2 heterocycles. The molecule has 1 aromatic carbocycles. The first-order chi connectivity index (χ1) is 9.00. The van der Waals surface area contributed by atoms with Crippen molar-refractivity contribution in [2.45, 2.75) is 17.4 Å². The zero-order valence-corrected chi connectivity index (χ0v) is 12.5. The van der Waals surface area contributed by atoms with E-state index >= 15 is 0 Å². The summed E-state index contributed by atoms with van der Waals surface area (Å²) in [5.41, 5.74) is 0. The summed E-state index contributed by atoms with van der Waals surface area (Å²) in [5.74, 6) is -0.170. The van der Waals surface area contributed by atoms with Crippen molar-refractivity contribution < 1.29 is 12.8 Å². The van der Waals surface area contributed by atoms with Crippen LogP contribution in [0.1, 0.15) is 6.42 Å². The van der Waals surface area contributed by atoms with Crippen LogP contribution >= 0.6 is 15.9 Å². The van der Waals surface area contributed by atoms with Crippen molar-refractivity contribution in [2.75, 3.05) is 19.6 Å². The highest BCUT2D eigenvalue weighted by Crippen LogP contribution is 2.32. The molecule has 0 amide bonds. The molecule has 0 aromatic heterocycles. The van der Waals surface area contributed by atoms with Gasteiger partial charge in [0.25, 0.3) is 0 Å². The molecule has 2 atom stereocenters. The quantitative estimate of drug-likeness (QED) is 0.882. The lowest BCUT2D eigenvalue weighted by Crippen LogP contribution is -2.39. The molecule has 2 saturated heterocycles. The van der Waals surface area contributed by atoms with Crippen molar-refractivity contribution in [3.8, 4) is 0 Å². The van der Waals surface area contributed by atoms with Crippen molar-refractivity contribution >= 4 is 26.0 Å². The maximum Gasteiger partial charge on any atom is 0.243 e. The lowest BCUT2D eigenvalue weighted by molar-refractivity contribution is 0.382. The van der Waals surface area contributed by atoms with Gasteiger partial charge in [-0.25, -0.2) is 12.8 Å². The summed E-state index contributed by atoms with van der Waals surface area (Å²) in [6.45, 7) is 2.07. The highest BCUT2D eigenvalue weighted by molar-refractivity contribution is 9.10. The van der Waals surface area contributed by atoms with E-state index < -0.39 is 15.8 Å². The Hall–Kier alpha value is -0.500. The minimum atomic E-state index is -3.60. The minimum Gasteiger partial charge on any atom is -0.315 e. The zero-order chi connectivity index (χ0) is 13.6. The normalized spacial score (nSPS) is 27.7. The number of benzene rings is 1. The van der Waals surface area contributed by atoms with Gasteiger partial charge >= 0.3 is 0 Å². The predicted octanol–water partition coefficient (Wildman–Crippen LogP) is 1.57. The van der Waals surface area contributed by atoms with E-state index in [1.165, 1.54) is 16.4 Å². The third kappa shape index (κ3) is 2.22. The Labute approximate surface area is 120 Å². The van der Waals surface area contributed by atoms with Crippen LogP contribution in [0.5, 0.6) is 0 Å². The Morgan fingerprint density at radius 3 is 2.89 bits per heavy atom. The van der Waals surface area contributed by atoms with Crippen LogP contribution in [0.2, 0.25) is 0 Å². The summed E-state index contributed by atoms with van der Waals surface area (Å²) in [6, 6.07) is 3.97. The fraction of sp³-hybridized carbons (Fsp3) is 0.500. The molecule has 104 valence electrons. The SMILES string of the molecule is O=S(=O)(c1ccc(Br)c(F)c1)N1CC[C@H]2CNC[C@H]21. The van der Waals surface area contributed by atoms with E-state index in [0.29, 0.717) is 19.0 Å². The average molecular weight is 349 g/mol. The van der Waals surface area contributed by atoms with Gasteiger partial charge in [-0.1, -0.05) is 0 Å². The van der Waals surface area contributed by atoms with Crippen molar-refractivity contribution in [1.29, 1.82) is 0 Å². The lowest BCUT2D eigenvalue weighted by atomic mass is 10.1. The number of nitrogens with one attached hydrogen (secondary N) is 1. The van der Waals surface area contributed by atoms with Gasteiger partial charge in [0.1, 0.15) is 5.82 Å². The van der Waals surface area contributed by atoms with Crippen LogP contribution in [0, 0.1) is 11.7 Å². The number of rotatable bonds is 2. The van der Waals surface area contributed by atoms with Crippen LogP contribution in [-0.4, -0.2) is 38.4 Å². The van der Waals surface area contributed by atoms with Crippen LogP contribution < -0.4 is 5.32 Å². The first-order valence-electron chi connectivity index (χ1n) is 6.18. The van der Waals surface area contributed by atoms with Gasteiger partial charge in [-0.3, -0.25) is 0 Å². The van der Waals surface area contributed by atoms with Crippen LogP contribution in [0.4, 0.5) is 4.39 Å². The van der Waals surface area contributed by atoms with Crippen LogP contribution in [0.3, 0.4) is 0 Å². The molecule has 1 N–H and O–H groups in total. The Balaban J connectivity index is 1.96. The van der Waals surface area contributed by atoms with Gasteiger partial charge < -0.3 is 5.32 Å². The maximum absolute atomic E-state index is 13.5. The number of fused-ring (bicyclic) bond motifs is 1. The van der Waals surface area contributed by atoms with Crippen LogP contribution in [0.25, 0.3) is 0 Å². The summed E-state index contributed by atoms with van der Waals surface area (Å²) in [7, 11) is -3.60. The lowest BCUT2D eigenvalue weighted by Gasteiger charge is -2.22. The van der Waals surface area contributed by atoms with Gasteiger partial charge in [0.2, 0.25) is 10.0 Å². The number of nitrogens with zero attached hydrogens (tertiary/aromatic N) is 1. The largest absolute Gasteiger partial charge is 0.315 e. The minimum absolute atomic E-state index is 0.0108. The number of hydrogen-bond donors (Lipinski definition) is 1. The molecule has 7 heteroatoms. The molecule has 0 spiro atoms. The van der Waals surface area contributed by atoms with E-state index in [1.807, 2.05) is 0 Å². The van der Waals surface area contributed by atoms with E-state index in [2.05, 4.69) is 21.2 Å². The second-order valence-corrected chi connectivity index (χ2v) is 7.71. The molecule has 1 aromatic rings. The van der Waals surface area contributed by atoms with E-state index in [-0.39, 0.29) is 15.4 Å². The van der Waals surface area contributed by atoms with Crippen LogP contribution in [0.15, 0.2) is 27.6 Å². The van der Waals surface area contributed by atoms with Gasteiger partial charge in [-0.05, 0) is 53.0 Å². The van der Waals surface area contributed by atoms with Crippen molar-refractivity contribution in [3.05, 3.63) is 28.5 Å². The molecule has 2 aliphatic heterocycles. The third-order valence-electron chi connectivity index (χ3n) is 3.89. The molecule has 0 radical (unpaired) electrons. The van der Waals surface area contributed by atoms with E-state index in [4.69, 9.17) is 0 Å². The second kappa shape index (κ2) is 4.80. The zero-order valence-electron chi connectivity index (χ0n) is 10.1. The fourth-order valence-electron chi connectivity index (χ4n) is 2.88. The van der Waals surface area contributed by atoms with Gasteiger partial charge in [0.15, 0.2) is 0 Å². The smallest absolute Gasteiger partial charge is 0.243 e. The van der Waals surface area contributed by atoms with E-state index in [9.17, 15) is 12.8 Å². The van der Waals surface area contributed by atoms with Crippen molar-refractivity contribution in [1.82, 2.24) is 9.62 Å². The molecule has 19 heavy (non-hydrogen) atoms. The Morgan fingerprint density at radius 2 is 2.16 bits per heavy atom. The highest BCUT2D eigenvalue weighted by Gasteiger charge is 2.43. The molecule has 3 rings (SSSR count). The van der Waals surface area contributed by atoms with Gasteiger partial charge in [-0.15, -0.1) is 0 Å². The Kier molecular flexibility index (Phi) is 3.41. The van der Waals surface area contributed by atoms with Crippen molar-refractivity contribution in [3.63, 3.8) is 0 Å². The summed E-state index contributed by atoms with van der Waals surface area (Å²) in [6.07, 6.45) is 0.871. The van der Waals surface area contributed by atoms with Gasteiger partial charge in [-0.2, -0.15) is 4.31 Å². The second-order valence-electron chi connectivity index (χ2n) is 4.97. The van der Waals surface area contributed by atoms with Crippen molar-refractivity contribution in [2.24, 2.45) is 5.92 Å². The maximum atomic E-state index is 13.5. The van der Waals surface area contributed by atoms with Crippen LogP contribution in [-0.2, 0) is 10.0 Å². The molecular weight excluding hydrogens is 335 g/mol. The molecule has 4 nitrogen and oxygen atoms in total. The topological polar surface area (TPSA) is 49.4 Å². The molecule has 0 unspecified atom stereocenters. The number of halogens is 2. The Morgan fingerprint density at radius 1 is 1.37 bits per heavy atom. The first kappa shape index (κ1) is 13.5. The molecular formula is C12H14BrFN2O2S. The summed E-state index contributed by atoms with van der Waals surface area (Å²) in [5, 5.41) is 3.21. The number of hydrogen-bond acceptors (Lipinski definition) is 3. The molecule has 0 saturated carbocycles. The fourth-order valence-corrected chi connectivity index (χ4v) is 4.84. The summed E-state index contributed by atoms with van der Waals surface area (Å²) in [4.78, 5) is 0.0285. The highest BCUT2D eigenvalue weighted by atomic mass is 79.9. The molecule has 2 fully saturated rings. The van der Waals surface area contributed by atoms with Gasteiger partial charge in [0.05, 0.1) is 9.37 Å². The molecule has 2 aliphatic rings. The third-order valence-corrected chi connectivity index (χ3v) is 6.46. The summed E-state index contributed by atoms with van der Waals surface area (Å²) >= 11 is 3.03. The summed E-state index contributed by atoms with van der Waals surface area (Å²) < 4.78 is 40.4. The first-order valence-corrected chi connectivity index (χ1v) is 8.41. The molecule has 0 bridgehead atoms. The average Bonchev–Trinajstić information content (AvgIpc) is 2.94. The Bertz CT molecular complexity index is 608. The van der Waals surface area contributed by atoms with E-state index in [0.717, 1.165) is 19.0 Å². The monoisotopic (exact) mass is 348 g/mol. The number of sulfonamides is 1. The molecule has 0 aliphatic carbocycles. The standard InChI is InChI=1S/C12H14BrFN2O2S/c13-10-2-1-9(5-11(10)14)19(17,18)16-4-3-8-6-15-7-12(8)16/h1-2,5,8,12,15H,3-4,6-7H2/t8-,12+/m0/s1. The van der Waals surface area contributed by atoms with Gasteiger partial charge in [0, 0.05) is 19.1 Å². The predicted molar refractivity (Wildman–Crippen MR) is 72.8 cm³/mol. The van der Waals surface area contributed by atoms with E-state index in [1.54, 1.807) is 0 Å².